The lowest BCUT2D eigenvalue weighted by molar-refractivity contribution is 0.0951. The van der Waals surface area contributed by atoms with E-state index < -0.39 is 0 Å². The van der Waals surface area contributed by atoms with Crippen molar-refractivity contribution in [2.45, 2.75) is 6.54 Å². The SMILES string of the molecule is O=C(Nc1ccc(Cl)cc1)Nc1ccccc1CNC(=O)c1ccccc1. The van der Waals surface area contributed by atoms with Crippen LogP contribution in [0, 0.1) is 0 Å². The van der Waals surface area contributed by atoms with Gasteiger partial charge in [0.15, 0.2) is 0 Å². The molecule has 0 aromatic heterocycles. The number of rotatable bonds is 5. The molecule has 136 valence electrons. The van der Waals surface area contributed by atoms with Gasteiger partial charge in [-0.15, -0.1) is 0 Å². The molecule has 0 heterocycles. The van der Waals surface area contributed by atoms with Gasteiger partial charge in [0.1, 0.15) is 0 Å². The normalized spacial score (nSPS) is 10.1. The van der Waals surface area contributed by atoms with E-state index in [-0.39, 0.29) is 11.9 Å². The fourth-order valence-electron chi connectivity index (χ4n) is 2.48. The van der Waals surface area contributed by atoms with Crippen LogP contribution < -0.4 is 16.0 Å². The largest absolute Gasteiger partial charge is 0.348 e. The number of carbonyl (C=O) groups is 2. The zero-order chi connectivity index (χ0) is 19.1. The lowest BCUT2D eigenvalue weighted by Crippen LogP contribution is -2.25. The number of halogens is 1. The van der Waals surface area contributed by atoms with Crippen LogP contribution in [0.4, 0.5) is 16.2 Å². The number of hydrogen-bond donors (Lipinski definition) is 3. The Bertz CT molecular complexity index is 928. The third-order valence-electron chi connectivity index (χ3n) is 3.84. The quantitative estimate of drug-likeness (QED) is 0.589. The fourth-order valence-corrected chi connectivity index (χ4v) is 2.61. The summed E-state index contributed by atoms with van der Waals surface area (Å²) in [4.78, 5) is 24.4. The number of para-hydroxylation sites is 1. The molecule has 0 atom stereocenters. The second kappa shape index (κ2) is 8.87. The van der Waals surface area contributed by atoms with Crippen LogP contribution in [-0.4, -0.2) is 11.9 Å². The molecule has 0 unspecified atom stereocenters. The van der Waals surface area contributed by atoms with Crippen molar-refractivity contribution in [2.24, 2.45) is 0 Å². The number of anilines is 2. The molecule has 6 heteroatoms. The molecule has 3 rings (SSSR count). The molecule has 0 spiro atoms. The zero-order valence-electron chi connectivity index (χ0n) is 14.4. The minimum Gasteiger partial charge on any atom is -0.348 e. The van der Waals surface area contributed by atoms with Crippen molar-refractivity contribution in [3.05, 3.63) is 95.0 Å². The summed E-state index contributed by atoms with van der Waals surface area (Å²) < 4.78 is 0. The Morgan fingerprint density at radius 1 is 0.778 bits per heavy atom. The average Bonchev–Trinajstić information content (AvgIpc) is 2.69. The molecular weight excluding hydrogens is 362 g/mol. The summed E-state index contributed by atoms with van der Waals surface area (Å²) in [6, 6.07) is 22.7. The molecule has 0 radical (unpaired) electrons. The molecule has 3 aromatic rings. The maximum atomic E-state index is 12.2. The van der Waals surface area contributed by atoms with Crippen molar-refractivity contribution in [3.63, 3.8) is 0 Å². The molecule has 3 amide bonds. The van der Waals surface area contributed by atoms with Crippen LogP contribution in [0.2, 0.25) is 5.02 Å². The highest BCUT2D eigenvalue weighted by Crippen LogP contribution is 2.17. The van der Waals surface area contributed by atoms with Crippen molar-refractivity contribution in [1.82, 2.24) is 5.32 Å². The Labute approximate surface area is 162 Å². The van der Waals surface area contributed by atoms with E-state index in [0.717, 1.165) is 5.56 Å². The molecule has 0 saturated carbocycles. The van der Waals surface area contributed by atoms with E-state index in [4.69, 9.17) is 11.6 Å². The van der Waals surface area contributed by atoms with Gasteiger partial charge in [0.05, 0.1) is 0 Å². The topological polar surface area (TPSA) is 70.2 Å². The third-order valence-corrected chi connectivity index (χ3v) is 4.10. The van der Waals surface area contributed by atoms with Gasteiger partial charge in [0, 0.05) is 28.5 Å². The Balaban J connectivity index is 1.62. The van der Waals surface area contributed by atoms with E-state index in [0.29, 0.717) is 28.5 Å². The van der Waals surface area contributed by atoms with Crippen molar-refractivity contribution in [1.29, 1.82) is 0 Å². The zero-order valence-corrected chi connectivity index (χ0v) is 15.2. The molecule has 3 N–H and O–H groups in total. The summed E-state index contributed by atoms with van der Waals surface area (Å²) in [5, 5.41) is 9.00. The van der Waals surface area contributed by atoms with Crippen molar-refractivity contribution in [2.75, 3.05) is 10.6 Å². The van der Waals surface area contributed by atoms with Crippen LogP contribution in [0.15, 0.2) is 78.9 Å². The van der Waals surface area contributed by atoms with Gasteiger partial charge in [-0.3, -0.25) is 4.79 Å². The molecule has 0 aliphatic rings. The fraction of sp³-hybridized carbons (Fsp3) is 0.0476. The second-order valence-corrected chi connectivity index (χ2v) is 6.23. The third kappa shape index (κ3) is 5.33. The smallest absolute Gasteiger partial charge is 0.323 e. The number of benzene rings is 3. The van der Waals surface area contributed by atoms with Crippen LogP contribution in [-0.2, 0) is 6.54 Å². The molecule has 27 heavy (non-hydrogen) atoms. The number of carbonyl (C=O) groups excluding carboxylic acids is 2. The molecule has 0 fully saturated rings. The first-order valence-corrected chi connectivity index (χ1v) is 8.74. The maximum Gasteiger partial charge on any atom is 0.323 e. The molecule has 0 saturated heterocycles. The van der Waals surface area contributed by atoms with Crippen LogP contribution in [0.3, 0.4) is 0 Å². The summed E-state index contributed by atoms with van der Waals surface area (Å²) in [6.07, 6.45) is 0. The van der Waals surface area contributed by atoms with E-state index in [1.54, 1.807) is 42.5 Å². The number of nitrogens with one attached hydrogen (secondary N) is 3. The number of hydrogen-bond acceptors (Lipinski definition) is 2. The highest BCUT2D eigenvalue weighted by Gasteiger charge is 2.09. The van der Waals surface area contributed by atoms with E-state index in [9.17, 15) is 9.59 Å². The van der Waals surface area contributed by atoms with Crippen LogP contribution in [0.25, 0.3) is 0 Å². The lowest BCUT2D eigenvalue weighted by atomic mass is 10.1. The maximum absolute atomic E-state index is 12.2. The van der Waals surface area contributed by atoms with E-state index >= 15 is 0 Å². The number of urea groups is 1. The monoisotopic (exact) mass is 379 g/mol. The number of amides is 3. The van der Waals surface area contributed by atoms with Gasteiger partial charge in [-0.2, -0.15) is 0 Å². The second-order valence-electron chi connectivity index (χ2n) is 5.79. The highest BCUT2D eigenvalue weighted by molar-refractivity contribution is 6.30. The van der Waals surface area contributed by atoms with Gasteiger partial charge in [0.25, 0.3) is 5.91 Å². The van der Waals surface area contributed by atoms with Gasteiger partial charge >= 0.3 is 6.03 Å². The van der Waals surface area contributed by atoms with Gasteiger partial charge < -0.3 is 16.0 Å². The first-order chi connectivity index (χ1) is 13.1. The lowest BCUT2D eigenvalue weighted by Gasteiger charge is -2.13. The Morgan fingerprint density at radius 2 is 1.44 bits per heavy atom. The van der Waals surface area contributed by atoms with Crippen molar-refractivity contribution in [3.8, 4) is 0 Å². The van der Waals surface area contributed by atoms with Crippen molar-refractivity contribution < 1.29 is 9.59 Å². The minimum absolute atomic E-state index is 0.170. The first-order valence-electron chi connectivity index (χ1n) is 8.36. The predicted molar refractivity (Wildman–Crippen MR) is 108 cm³/mol. The van der Waals surface area contributed by atoms with E-state index in [2.05, 4.69) is 16.0 Å². The van der Waals surface area contributed by atoms with Crippen molar-refractivity contribution >= 4 is 34.9 Å². The van der Waals surface area contributed by atoms with Gasteiger partial charge in [0.2, 0.25) is 0 Å². The molecule has 0 aliphatic heterocycles. The predicted octanol–water partition coefficient (Wildman–Crippen LogP) is 4.91. The molecule has 3 aromatic carbocycles. The van der Waals surface area contributed by atoms with E-state index in [1.165, 1.54) is 0 Å². The summed E-state index contributed by atoms with van der Waals surface area (Å²) in [6.45, 7) is 0.297. The molecular formula is C21H18ClN3O2. The molecule has 5 nitrogen and oxygen atoms in total. The molecule has 0 aliphatic carbocycles. The standard InChI is InChI=1S/C21H18ClN3O2/c22-17-10-12-18(13-11-17)24-21(27)25-19-9-5-4-8-16(19)14-23-20(26)15-6-2-1-3-7-15/h1-13H,14H2,(H,23,26)(H2,24,25,27). The molecule has 0 bridgehead atoms. The Hall–Kier alpha value is -3.31. The Morgan fingerprint density at radius 3 is 2.19 bits per heavy atom. The summed E-state index contributed by atoms with van der Waals surface area (Å²) >= 11 is 5.84. The average molecular weight is 380 g/mol. The summed E-state index contributed by atoms with van der Waals surface area (Å²) in [5.74, 6) is -0.170. The van der Waals surface area contributed by atoms with Crippen LogP contribution in [0.1, 0.15) is 15.9 Å². The van der Waals surface area contributed by atoms with E-state index in [1.807, 2.05) is 36.4 Å². The Kier molecular flexibility index (Phi) is 6.07. The summed E-state index contributed by atoms with van der Waals surface area (Å²) in [7, 11) is 0. The van der Waals surface area contributed by atoms with Crippen LogP contribution in [0.5, 0.6) is 0 Å². The first kappa shape index (κ1) is 18.5. The minimum atomic E-state index is -0.376. The van der Waals surface area contributed by atoms with Crippen LogP contribution >= 0.6 is 11.6 Å². The van der Waals surface area contributed by atoms with Gasteiger partial charge in [-0.1, -0.05) is 48.0 Å². The van der Waals surface area contributed by atoms with Gasteiger partial charge in [-0.25, -0.2) is 4.79 Å². The summed E-state index contributed by atoms with van der Waals surface area (Å²) in [5.41, 5.74) is 2.64. The van der Waals surface area contributed by atoms with Gasteiger partial charge in [-0.05, 0) is 48.0 Å². The highest BCUT2D eigenvalue weighted by atomic mass is 35.5.